The van der Waals surface area contributed by atoms with Crippen molar-refractivity contribution in [1.29, 1.82) is 0 Å². The Bertz CT molecular complexity index is 283. The first-order valence-corrected chi connectivity index (χ1v) is 6.75. The highest BCUT2D eigenvalue weighted by Gasteiger charge is 1.86. The minimum Gasteiger partial charge on any atom is -0.399 e. The van der Waals surface area contributed by atoms with Crippen LogP contribution < -0.4 is 0 Å². The highest BCUT2D eigenvalue weighted by Crippen LogP contribution is 2.06. The zero-order chi connectivity index (χ0) is 12.2. The van der Waals surface area contributed by atoms with Gasteiger partial charge in [-0.3, -0.25) is 0 Å². The van der Waals surface area contributed by atoms with E-state index in [0.717, 1.165) is 13.2 Å². The molecule has 0 radical (unpaired) electrons. The molecule has 0 saturated heterocycles. The second-order valence-corrected chi connectivity index (χ2v) is 4.22. The van der Waals surface area contributed by atoms with E-state index in [1.807, 2.05) is 32.1 Å². The van der Waals surface area contributed by atoms with Crippen molar-refractivity contribution >= 4 is 16.1 Å². The molecule has 0 aliphatic carbocycles. The Balaban J connectivity index is 0.000000293. The highest BCUT2D eigenvalue weighted by molar-refractivity contribution is 6.17. The summed E-state index contributed by atoms with van der Waals surface area (Å²) in [4.78, 5) is 0. The second-order valence-electron chi connectivity index (χ2n) is 3.16. The number of hydrogen-bond acceptors (Lipinski definition) is 2. The molecule has 0 aromatic heterocycles. The average Bonchev–Trinajstić information content (AvgIpc) is 2.31. The van der Waals surface area contributed by atoms with Crippen molar-refractivity contribution in [2.24, 2.45) is 0 Å². The Kier molecular flexibility index (Phi) is 10.0. The van der Waals surface area contributed by atoms with Crippen LogP contribution in [0.4, 0.5) is 0 Å². The molecule has 0 unspecified atom stereocenters. The lowest BCUT2D eigenvalue weighted by Crippen LogP contribution is -2.02. The van der Waals surface area contributed by atoms with Gasteiger partial charge in [0.1, 0.15) is 0 Å². The van der Waals surface area contributed by atoms with Crippen LogP contribution in [0.5, 0.6) is 0 Å². The zero-order valence-corrected chi connectivity index (χ0v) is 11.9. The SMILES string of the molecule is C=Cc1ccccc1C.CCO[SiH2]OCC. The lowest BCUT2D eigenvalue weighted by molar-refractivity contribution is 0.240. The molecule has 2 nitrogen and oxygen atoms in total. The van der Waals surface area contributed by atoms with Crippen LogP contribution in [0, 0.1) is 6.92 Å². The summed E-state index contributed by atoms with van der Waals surface area (Å²) in [6.45, 7) is 11.3. The summed E-state index contributed by atoms with van der Waals surface area (Å²) in [6, 6.07) is 8.19. The maximum atomic E-state index is 4.99. The lowest BCUT2D eigenvalue weighted by atomic mass is 10.1. The van der Waals surface area contributed by atoms with E-state index < -0.39 is 10.0 Å². The molecular formula is C13H22O2Si. The van der Waals surface area contributed by atoms with Gasteiger partial charge in [0.25, 0.3) is 0 Å². The minimum atomic E-state index is -0.589. The fourth-order valence-electron chi connectivity index (χ4n) is 1.04. The summed E-state index contributed by atoms with van der Waals surface area (Å²) < 4.78 is 9.98. The number of benzene rings is 1. The molecule has 3 heteroatoms. The minimum absolute atomic E-state index is 0.589. The van der Waals surface area contributed by atoms with Crippen molar-refractivity contribution < 1.29 is 8.85 Å². The first-order valence-electron chi connectivity index (χ1n) is 5.59. The molecule has 0 N–H and O–H groups in total. The molecule has 90 valence electrons. The molecular weight excluding hydrogens is 216 g/mol. The summed E-state index contributed by atoms with van der Waals surface area (Å²) >= 11 is 0. The summed E-state index contributed by atoms with van der Waals surface area (Å²) in [5, 5.41) is 0. The molecule has 0 fully saturated rings. The van der Waals surface area contributed by atoms with E-state index in [1.165, 1.54) is 11.1 Å². The van der Waals surface area contributed by atoms with Crippen LogP contribution in [0.25, 0.3) is 6.08 Å². The van der Waals surface area contributed by atoms with E-state index in [2.05, 4.69) is 25.6 Å². The quantitative estimate of drug-likeness (QED) is 0.580. The Labute approximate surface area is 101 Å². The van der Waals surface area contributed by atoms with Gasteiger partial charge in [-0.25, -0.2) is 0 Å². The standard InChI is InChI=1S/C9H10.C4H12O2Si/c1-3-9-7-5-4-6-8(9)2;1-3-5-7-6-4-2/h3-7H,1H2,2H3;3-4,7H2,1-2H3. The van der Waals surface area contributed by atoms with Crippen LogP contribution in [0.15, 0.2) is 30.8 Å². The third-order valence-electron chi connectivity index (χ3n) is 1.98. The molecule has 0 heterocycles. The number of hydrogen-bond donors (Lipinski definition) is 0. The van der Waals surface area contributed by atoms with Gasteiger partial charge in [-0.05, 0) is 31.9 Å². The smallest absolute Gasteiger partial charge is 0.304 e. The van der Waals surface area contributed by atoms with Crippen LogP contribution in [-0.4, -0.2) is 23.2 Å². The molecule has 1 rings (SSSR count). The van der Waals surface area contributed by atoms with Gasteiger partial charge in [0.05, 0.1) is 0 Å². The van der Waals surface area contributed by atoms with Crippen molar-refractivity contribution in [2.45, 2.75) is 20.8 Å². The van der Waals surface area contributed by atoms with E-state index in [9.17, 15) is 0 Å². The first-order chi connectivity index (χ1) is 7.76. The Morgan fingerprint density at radius 2 is 1.75 bits per heavy atom. The van der Waals surface area contributed by atoms with Gasteiger partial charge in [-0.2, -0.15) is 0 Å². The van der Waals surface area contributed by atoms with Crippen LogP contribution in [-0.2, 0) is 8.85 Å². The van der Waals surface area contributed by atoms with Crippen LogP contribution in [0.3, 0.4) is 0 Å². The summed E-state index contributed by atoms with van der Waals surface area (Å²) in [6.07, 6.45) is 1.87. The molecule has 0 atom stereocenters. The number of aryl methyl sites for hydroxylation is 1. The van der Waals surface area contributed by atoms with E-state index in [0.29, 0.717) is 0 Å². The van der Waals surface area contributed by atoms with Crippen molar-refractivity contribution in [3.63, 3.8) is 0 Å². The van der Waals surface area contributed by atoms with Crippen LogP contribution >= 0.6 is 0 Å². The molecule has 0 bridgehead atoms. The largest absolute Gasteiger partial charge is 0.399 e. The van der Waals surface area contributed by atoms with Gasteiger partial charge >= 0.3 is 10.0 Å². The van der Waals surface area contributed by atoms with E-state index in [1.54, 1.807) is 0 Å². The van der Waals surface area contributed by atoms with E-state index in [4.69, 9.17) is 8.85 Å². The lowest BCUT2D eigenvalue weighted by Gasteiger charge is -1.96. The molecule has 0 spiro atoms. The molecule has 0 amide bonds. The fourth-order valence-corrected chi connectivity index (χ4v) is 1.49. The molecule has 0 aliphatic heterocycles. The normalized spacial score (nSPS) is 9.19. The van der Waals surface area contributed by atoms with E-state index >= 15 is 0 Å². The third-order valence-corrected chi connectivity index (χ3v) is 3.13. The predicted molar refractivity (Wildman–Crippen MR) is 73.1 cm³/mol. The monoisotopic (exact) mass is 238 g/mol. The third kappa shape index (κ3) is 7.40. The summed E-state index contributed by atoms with van der Waals surface area (Å²) in [7, 11) is -0.589. The summed E-state index contributed by atoms with van der Waals surface area (Å²) in [5.41, 5.74) is 2.50. The van der Waals surface area contributed by atoms with Gasteiger partial charge in [0.2, 0.25) is 0 Å². The Morgan fingerprint density at radius 1 is 1.19 bits per heavy atom. The van der Waals surface area contributed by atoms with Gasteiger partial charge in [0.15, 0.2) is 0 Å². The van der Waals surface area contributed by atoms with Crippen molar-refractivity contribution in [2.75, 3.05) is 13.2 Å². The van der Waals surface area contributed by atoms with Gasteiger partial charge in [0, 0.05) is 13.2 Å². The van der Waals surface area contributed by atoms with E-state index in [-0.39, 0.29) is 0 Å². The maximum absolute atomic E-state index is 4.99. The van der Waals surface area contributed by atoms with Crippen molar-refractivity contribution in [3.05, 3.63) is 42.0 Å². The van der Waals surface area contributed by atoms with Crippen LogP contribution in [0.2, 0.25) is 0 Å². The zero-order valence-electron chi connectivity index (χ0n) is 10.5. The predicted octanol–water partition coefficient (Wildman–Crippen LogP) is 2.70. The van der Waals surface area contributed by atoms with Crippen LogP contribution in [0.1, 0.15) is 25.0 Å². The molecule has 16 heavy (non-hydrogen) atoms. The molecule has 1 aromatic carbocycles. The van der Waals surface area contributed by atoms with Gasteiger partial charge in [-0.1, -0.05) is 36.9 Å². The maximum Gasteiger partial charge on any atom is 0.304 e. The molecule has 0 aliphatic rings. The second kappa shape index (κ2) is 10.6. The Hall–Kier alpha value is -0.903. The fraction of sp³-hybridized carbons (Fsp3) is 0.385. The van der Waals surface area contributed by atoms with Crippen molar-refractivity contribution in [1.82, 2.24) is 0 Å². The van der Waals surface area contributed by atoms with Gasteiger partial charge in [-0.15, -0.1) is 0 Å². The Morgan fingerprint density at radius 3 is 2.12 bits per heavy atom. The number of rotatable bonds is 5. The summed E-state index contributed by atoms with van der Waals surface area (Å²) in [5.74, 6) is 0. The molecule has 1 aromatic rings. The first kappa shape index (κ1) is 15.1. The average molecular weight is 238 g/mol. The topological polar surface area (TPSA) is 18.5 Å². The molecule has 0 saturated carbocycles. The van der Waals surface area contributed by atoms with Gasteiger partial charge < -0.3 is 8.85 Å². The highest BCUT2D eigenvalue weighted by atomic mass is 28.3. The van der Waals surface area contributed by atoms with Crippen molar-refractivity contribution in [3.8, 4) is 0 Å².